The topological polar surface area (TPSA) is 66.4 Å². The molecule has 0 bridgehead atoms. The molecule has 0 unspecified atom stereocenters. The van der Waals surface area contributed by atoms with E-state index in [2.05, 4.69) is 27.6 Å². The Hall–Kier alpha value is -0.140. The fraction of sp³-hybridized carbons (Fsp3) is 0.571. The summed E-state index contributed by atoms with van der Waals surface area (Å²) in [6.07, 6.45) is 3.07. The van der Waals surface area contributed by atoms with Crippen molar-refractivity contribution in [3.05, 3.63) is 27.7 Å². The van der Waals surface area contributed by atoms with Crippen molar-refractivity contribution in [3.8, 4) is 0 Å². The molecule has 0 aliphatic heterocycles. The van der Waals surface area contributed by atoms with Crippen LogP contribution in [0.25, 0.3) is 0 Å². The minimum absolute atomic E-state index is 0.0406. The van der Waals surface area contributed by atoms with Gasteiger partial charge in [0.05, 0.1) is 17.2 Å². The maximum Gasteiger partial charge on any atom is 0.242 e. The molecule has 1 aliphatic carbocycles. The van der Waals surface area contributed by atoms with Gasteiger partial charge in [-0.1, -0.05) is 34.5 Å². The molecular weight excluding hydrogens is 378 g/mol. The molecule has 0 saturated heterocycles. The van der Waals surface area contributed by atoms with Crippen molar-refractivity contribution >= 4 is 37.6 Å². The first kappa shape index (κ1) is 17.2. The van der Waals surface area contributed by atoms with Gasteiger partial charge in [-0.25, -0.2) is 13.1 Å². The predicted octanol–water partition coefficient (Wildman–Crippen LogP) is 3.32. The first-order valence-electron chi connectivity index (χ1n) is 6.88. The molecule has 7 heteroatoms. The molecule has 1 fully saturated rings. The molecule has 0 amide bonds. The number of nitrogens with one attached hydrogen (secondary N) is 1. The molecule has 4 nitrogen and oxygen atoms in total. The zero-order chi connectivity index (χ0) is 15.7. The van der Waals surface area contributed by atoms with Gasteiger partial charge in [-0.05, 0) is 49.8 Å². The second kappa shape index (κ2) is 6.54. The average Bonchev–Trinajstić information content (AvgIpc) is 2.41. The lowest BCUT2D eigenvalue weighted by Gasteiger charge is -2.38. The van der Waals surface area contributed by atoms with Crippen molar-refractivity contribution < 1.29 is 13.5 Å². The van der Waals surface area contributed by atoms with E-state index in [1.54, 1.807) is 12.1 Å². The Morgan fingerprint density at radius 3 is 2.57 bits per heavy atom. The van der Waals surface area contributed by atoms with E-state index in [1.807, 2.05) is 0 Å². The summed E-state index contributed by atoms with van der Waals surface area (Å²) >= 11 is 9.28. The van der Waals surface area contributed by atoms with Crippen LogP contribution in [0.2, 0.25) is 5.02 Å². The first-order valence-corrected chi connectivity index (χ1v) is 9.53. The monoisotopic (exact) mass is 395 g/mol. The van der Waals surface area contributed by atoms with E-state index >= 15 is 0 Å². The Kier molecular flexibility index (Phi) is 5.36. The molecule has 0 radical (unpaired) electrons. The quantitative estimate of drug-likeness (QED) is 0.820. The van der Waals surface area contributed by atoms with Gasteiger partial charge in [0.15, 0.2) is 0 Å². The molecule has 0 atom stereocenters. The van der Waals surface area contributed by atoms with Crippen LogP contribution in [0.1, 0.15) is 32.6 Å². The number of sulfonamides is 1. The Morgan fingerprint density at radius 2 is 2.05 bits per heavy atom. The van der Waals surface area contributed by atoms with Crippen LogP contribution in [0, 0.1) is 5.92 Å². The van der Waals surface area contributed by atoms with Crippen LogP contribution in [0.15, 0.2) is 27.6 Å². The van der Waals surface area contributed by atoms with Crippen molar-refractivity contribution in [1.82, 2.24) is 4.72 Å². The lowest BCUT2D eigenvalue weighted by atomic mass is 9.78. The van der Waals surface area contributed by atoms with Crippen molar-refractivity contribution in [1.29, 1.82) is 0 Å². The molecule has 1 aromatic rings. The van der Waals surface area contributed by atoms with E-state index in [9.17, 15) is 13.5 Å². The van der Waals surface area contributed by atoms with E-state index in [4.69, 9.17) is 11.6 Å². The van der Waals surface area contributed by atoms with E-state index in [1.165, 1.54) is 6.07 Å². The SMILES string of the molecule is CC1CCC(CO)(NS(=O)(=O)c2ccc(Br)cc2Cl)CC1. The highest BCUT2D eigenvalue weighted by Gasteiger charge is 2.38. The smallest absolute Gasteiger partial charge is 0.242 e. The molecule has 118 valence electrons. The van der Waals surface area contributed by atoms with Gasteiger partial charge < -0.3 is 5.11 Å². The van der Waals surface area contributed by atoms with Crippen molar-refractivity contribution in [2.75, 3.05) is 6.61 Å². The maximum absolute atomic E-state index is 12.6. The van der Waals surface area contributed by atoms with Crippen molar-refractivity contribution in [2.45, 2.75) is 43.0 Å². The third kappa shape index (κ3) is 3.99. The molecule has 0 heterocycles. The molecule has 0 aromatic heterocycles. The van der Waals surface area contributed by atoms with Gasteiger partial charge in [0, 0.05) is 4.47 Å². The number of rotatable bonds is 4. The van der Waals surface area contributed by atoms with Crippen LogP contribution in [-0.4, -0.2) is 25.7 Å². The highest BCUT2D eigenvalue weighted by Crippen LogP contribution is 2.34. The Bertz CT molecular complexity index is 613. The zero-order valence-electron chi connectivity index (χ0n) is 11.8. The van der Waals surface area contributed by atoms with Gasteiger partial charge in [0.25, 0.3) is 0 Å². The van der Waals surface area contributed by atoms with Crippen LogP contribution < -0.4 is 4.72 Å². The standard InChI is InChI=1S/C14H19BrClNO3S/c1-10-4-6-14(9-18,7-5-10)17-21(19,20)13-3-2-11(15)8-12(13)16/h2-3,8,10,17-18H,4-7,9H2,1H3. The number of hydrogen-bond donors (Lipinski definition) is 2. The third-order valence-corrected chi connectivity index (χ3v) is 6.62. The van der Waals surface area contributed by atoms with E-state index in [0.29, 0.717) is 18.8 Å². The summed E-state index contributed by atoms with van der Waals surface area (Å²) in [5, 5.41) is 9.85. The van der Waals surface area contributed by atoms with Crippen LogP contribution in [-0.2, 0) is 10.0 Å². The van der Waals surface area contributed by atoms with Gasteiger partial charge >= 0.3 is 0 Å². The zero-order valence-corrected chi connectivity index (χ0v) is 14.9. The number of hydrogen-bond acceptors (Lipinski definition) is 3. The first-order chi connectivity index (χ1) is 9.78. The Labute approximate surface area is 139 Å². The fourth-order valence-corrected chi connectivity index (χ4v) is 5.13. The molecule has 2 N–H and O–H groups in total. The summed E-state index contributed by atoms with van der Waals surface area (Å²) in [7, 11) is -3.76. The number of aliphatic hydroxyl groups is 1. The predicted molar refractivity (Wildman–Crippen MR) is 86.9 cm³/mol. The van der Waals surface area contributed by atoms with Gasteiger partial charge in [0.2, 0.25) is 10.0 Å². The van der Waals surface area contributed by atoms with Gasteiger partial charge in [-0.2, -0.15) is 0 Å². The maximum atomic E-state index is 12.6. The largest absolute Gasteiger partial charge is 0.394 e. The fourth-order valence-electron chi connectivity index (χ4n) is 2.64. The second-order valence-electron chi connectivity index (χ2n) is 5.80. The Morgan fingerprint density at radius 1 is 1.43 bits per heavy atom. The highest BCUT2D eigenvalue weighted by molar-refractivity contribution is 9.10. The van der Waals surface area contributed by atoms with E-state index in [0.717, 1.165) is 17.3 Å². The highest BCUT2D eigenvalue weighted by atomic mass is 79.9. The molecule has 0 spiro atoms. The minimum Gasteiger partial charge on any atom is -0.394 e. The number of aliphatic hydroxyl groups excluding tert-OH is 1. The van der Waals surface area contributed by atoms with Crippen LogP contribution in [0.4, 0.5) is 0 Å². The molecule has 2 rings (SSSR count). The molecule has 1 aromatic carbocycles. The van der Waals surface area contributed by atoms with Crippen molar-refractivity contribution in [2.24, 2.45) is 5.92 Å². The normalized spacial score (nSPS) is 26.8. The summed E-state index contributed by atoms with van der Waals surface area (Å²) in [6.45, 7) is 1.94. The summed E-state index contributed by atoms with van der Waals surface area (Å²) in [4.78, 5) is 0.0406. The van der Waals surface area contributed by atoms with Gasteiger partial charge in [0.1, 0.15) is 4.90 Å². The third-order valence-electron chi connectivity index (χ3n) is 4.07. The number of benzene rings is 1. The van der Waals surface area contributed by atoms with Crippen LogP contribution in [0.3, 0.4) is 0 Å². The second-order valence-corrected chi connectivity index (χ2v) is 8.77. The molecule has 21 heavy (non-hydrogen) atoms. The summed E-state index contributed by atoms with van der Waals surface area (Å²) < 4.78 is 28.5. The molecule has 1 saturated carbocycles. The van der Waals surface area contributed by atoms with Crippen LogP contribution in [0.5, 0.6) is 0 Å². The lowest BCUT2D eigenvalue weighted by Crippen LogP contribution is -2.53. The number of halogens is 2. The summed E-state index contributed by atoms with van der Waals surface area (Å²) in [5.74, 6) is 0.561. The summed E-state index contributed by atoms with van der Waals surface area (Å²) in [6, 6.07) is 4.64. The van der Waals surface area contributed by atoms with E-state index in [-0.39, 0.29) is 16.5 Å². The average molecular weight is 397 g/mol. The molecule has 1 aliphatic rings. The lowest BCUT2D eigenvalue weighted by molar-refractivity contribution is 0.125. The minimum atomic E-state index is -3.76. The van der Waals surface area contributed by atoms with Crippen LogP contribution >= 0.6 is 27.5 Å². The van der Waals surface area contributed by atoms with E-state index < -0.39 is 15.6 Å². The molecular formula is C14H19BrClNO3S. The van der Waals surface area contributed by atoms with Crippen molar-refractivity contribution in [3.63, 3.8) is 0 Å². The Balaban J connectivity index is 2.27. The van der Waals surface area contributed by atoms with Gasteiger partial charge in [-0.3, -0.25) is 0 Å². The van der Waals surface area contributed by atoms with Gasteiger partial charge in [-0.15, -0.1) is 0 Å². The summed E-state index contributed by atoms with van der Waals surface area (Å²) in [5.41, 5.74) is -0.776.